The van der Waals surface area contributed by atoms with E-state index in [0.29, 0.717) is 6.08 Å². The highest BCUT2D eigenvalue weighted by atomic mass is 19.4. The summed E-state index contributed by atoms with van der Waals surface area (Å²) in [6, 6.07) is 0. The number of alkyl halides is 9. The summed E-state index contributed by atoms with van der Waals surface area (Å²) in [6.45, 7) is 0. The predicted molar refractivity (Wildman–Crippen MR) is 46.6 cm³/mol. The van der Waals surface area contributed by atoms with Crippen LogP contribution in [0.2, 0.25) is 0 Å². The molecule has 1 saturated heterocycles. The Morgan fingerprint density at radius 1 is 0.850 bits per heavy atom. The quantitative estimate of drug-likeness (QED) is 0.482. The summed E-state index contributed by atoms with van der Waals surface area (Å²) in [7, 11) is 0. The summed E-state index contributed by atoms with van der Waals surface area (Å²) in [4.78, 5) is 0. The molecule has 0 saturated carbocycles. The van der Waals surface area contributed by atoms with Crippen molar-refractivity contribution in [3.63, 3.8) is 0 Å². The Morgan fingerprint density at radius 3 is 1.65 bits per heavy atom. The van der Waals surface area contributed by atoms with Crippen molar-refractivity contribution in [1.82, 2.24) is 0 Å². The Bertz CT molecular complexity index is 415. The first-order valence-electron chi connectivity index (χ1n) is 5.36. The number of halogens is 9. The van der Waals surface area contributed by atoms with Crippen LogP contribution in [0.25, 0.3) is 0 Å². The molecule has 0 spiro atoms. The van der Waals surface area contributed by atoms with Crippen LogP contribution in [0.5, 0.6) is 0 Å². The van der Waals surface area contributed by atoms with Crippen LogP contribution in [0.3, 0.4) is 0 Å². The van der Waals surface area contributed by atoms with E-state index in [9.17, 15) is 39.5 Å². The zero-order valence-electron chi connectivity index (χ0n) is 9.46. The fourth-order valence-corrected chi connectivity index (χ4v) is 2.60. The topological polar surface area (TPSA) is 9.23 Å². The fourth-order valence-electron chi connectivity index (χ4n) is 2.60. The lowest BCUT2D eigenvalue weighted by molar-refractivity contribution is -0.449. The van der Waals surface area contributed by atoms with Gasteiger partial charge in [-0.2, -0.15) is 39.5 Å². The second kappa shape index (κ2) is 3.83. The van der Waals surface area contributed by atoms with Crippen LogP contribution in [0.4, 0.5) is 39.5 Å². The molecule has 0 aromatic rings. The van der Waals surface area contributed by atoms with Gasteiger partial charge in [0, 0.05) is 5.92 Å². The molecule has 2 atom stereocenters. The molecule has 3 aliphatic rings. The molecule has 2 aliphatic heterocycles. The maximum absolute atomic E-state index is 12.9. The summed E-state index contributed by atoms with van der Waals surface area (Å²) in [5.74, 6) is -2.22. The van der Waals surface area contributed by atoms with E-state index in [0.717, 1.165) is 0 Å². The molecule has 1 nitrogen and oxygen atoms in total. The van der Waals surface area contributed by atoms with Gasteiger partial charge in [-0.15, -0.1) is 0 Å². The third-order valence-electron chi connectivity index (χ3n) is 3.61. The van der Waals surface area contributed by atoms with E-state index in [1.165, 1.54) is 0 Å². The lowest BCUT2D eigenvalue weighted by atomic mass is 9.70. The molecule has 2 heterocycles. The normalized spacial score (nSPS) is 33.5. The van der Waals surface area contributed by atoms with Gasteiger partial charge in [0.15, 0.2) is 5.60 Å². The number of rotatable bonds is 0. The molecule has 2 unspecified atom stereocenters. The first kappa shape index (κ1) is 15.5. The number of fused-ring (bicyclic) bond motifs is 2. The third-order valence-corrected chi connectivity index (χ3v) is 3.61. The first-order valence-corrected chi connectivity index (χ1v) is 5.36. The van der Waals surface area contributed by atoms with Crippen molar-refractivity contribution in [2.24, 2.45) is 5.92 Å². The van der Waals surface area contributed by atoms with Crippen molar-refractivity contribution < 1.29 is 44.3 Å². The average Bonchev–Trinajstić information content (AvgIpc) is 2.26. The van der Waals surface area contributed by atoms with Crippen LogP contribution in [-0.2, 0) is 4.74 Å². The van der Waals surface area contributed by atoms with Gasteiger partial charge in [-0.3, -0.25) is 0 Å². The Morgan fingerprint density at radius 2 is 1.35 bits per heavy atom. The van der Waals surface area contributed by atoms with Crippen LogP contribution < -0.4 is 0 Å². The summed E-state index contributed by atoms with van der Waals surface area (Å²) in [6.07, 6.45) is -18.7. The molecule has 0 aromatic heterocycles. The van der Waals surface area contributed by atoms with Crippen molar-refractivity contribution in [2.75, 3.05) is 0 Å². The van der Waals surface area contributed by atoms with E-state index in [1.807, 2.05) is 0 Å². The predicted octanol–water partition coefficient (Wildman–Crippen LogP) is 4.15. The molecular weight excluding hydrogens is 307 g/mol. The molecule has 1 aliphatic carbocycles. The van der Waals surface area contributed by atoms with Gasteiger partial charge in [-0.1, -0.05) is 6.08 Å². The highest BCUT2D eigenvalue weighted by Crippen LogP contribution is 2.62. The van der Waals surface area contributed by atoms with E-state index in [1.54, 1.807) is 0 Å². The van der Waals surface area contributed by atoms with Crippen molar-refractivity contribution in [1.29, 1.82) is 0 Å². The third kappa shape index (κ3) is 1.76. The zero-order valence-corrected chi connectivity index (χ0v) is 9.46. The molecule has 2 bridgehead atoms. The van der Waals surface area contributed by atoms with E-state index in [-0.39, 0.29) is 6.08 Å². The van der Waals surface area contributed by atoms with Gasteiger partial charge in [-0.25, -0.2) is 0 Å². The smallest absolute Gasteiger partial charge is 0.337 e. The van der Waals surface area contributed by atoms with E-state index < -0.39 is 48.5 Å². The van der Waals surface area contributed by atoms with Gasteiger partial charge in [0.25, 0.3) is 5.60 Å². The summed E-state index contributed by atoms with van der Waals surface area (Å²) in [5.41, 5.74) is -8.37. The molecule has 3 rings (SSSR count). The Kier molecular flexibility index (Phi) is 2.96. The molecule has 116 valence electrons. The molecule has 10 heteroatoms. The number of hydrogen-bond donors (Lipinski definition) is 0. The van der Waals surface area contributed by atoms with Crippen LogP contribution in [0.1, 0.15) is 12.8 Å². The standard InChI is InChI=1S/C10H7F9O/c11-8(12,13)6-3-1-5(2-4-6)7(20-6,9(14,15)16)10(17,18)19/h1,3,5H,2,4H2. The van der Waals surface area contributed by atoms with Crippen molar-refractivity contribution in [3.05, 3.63) is 12.2 Å². The van der Waals surface area contributed by atoms with Crippen LogP contribution >= 0.6 is 0 Å². The van der Waals surface area contributed by atoms with Crippen LogP contribution in [0, 0.1) is 5.92 Å². The highest BCUT2D eigenvalue weighted by Gasteiger charge is 2.81. The van der Waals surface area contributed by atoms with Crippen molar-refractivity contribution in [2.45, 2.75) is 42.6 Å². The monoisotopic (exact) mass is 314 g/mol. The summed E-state index contributed by atoms with van der Waals surface area (Å²) < 4.78 is 119. The van der Waals surface area contributed by atoms with Gasteiger partial charge in [0.05, 0.1) is 0 Å². The van der Waals surface area contributed by atoms with Crippen molar-refractivity contribution in [3.8, 4) is 0 Å². The summed E-state index contributed by atoms with van der Waals surface area (Å²) in [5, 5.41) is 0. The van der Waals surface area contributed by atoms with Crippen LogP contribution in [-0.4, -0.2) is 29.7 Å². The molecule has 0 amide bonds. The molecule has 0 aromatic carbocycles. The van der Waals surface area contributed by atoms with Gasteiger partial charge in [0.2, 0.25) is 0 Å². The molecule has 0 N–H and O–H groups in total. The fraction of sp³-hybridized carbons (Fsp3) is 0.800. The average molecular weight is 314 g/mol. The largest absolute Gasteiger partial charge is 0.427 e. The minimum atomic E-state index is -6.00. The minimum absolute atomic E-state index is 0.247. The molecule has 20 heavy (non-hydrogen) atoms. The van der Waals surface area contributed by atoms with Crippen LogP contribution in [0.15, 0.2) is 12.2 Å². The van der Waals surface area contributed by atoms with Gasteiger partial charge in [0.1, 0.15) is 0 Å². The maximum Gasteiger partial charge on any atom is 0.427 e. The van der Waals surface area contributed by atoms with Crippen molar-refractivity contribution >= 4 is 0 Å². The second-order valence-electron chi connectivity index (χ2n) is 4.72. The maximum atomic E-state index is 12.9. The Hall–Kier alpha value is -0.930. The lowest BCUT2D eigenvalue weighted by Gasteiger charge is -2.54. The van der Waals surface area contributed by atoms with E-state index >= 15 is 0 Å². The van der Waals surface area contributed by atoms with Gasteiger partial charge < -0.3 is 4.74 Å². The zero-order chi connectivity index (χ0) is 15.6. The Labute approximate surface area is 106 Å². The SMILES string of the molecule is FC(F)(F)C12C=CC(CC1)C(C(F)(F)F)(C(F)(F)F)O2. The Balaban J connectivity index is 2.62. The minimum Gasteiger partial charge on any atom is -0.337 e. The number of ether oxygens (including phenoxy) is 1. The number of hydrogen-bond acceptors (Lipinski definition) is 1. The summed E-state index contributed by atoms with van der Waals surface area (Å²) >= 11 is 0. The first-order chi connectivity index (χ1) is 8.77. The molecular formula is C10H7F9O. The lowest BCUT2D eigenvalue weighted by Crippen LogP contribution is -2.72. The van der Waals surface area contributed by atoms with Gasteiger partial charge >= 0.3 is 18.5 Å². The molecule has 0 radical (unpaired) electrons. The second-order valence-corrected chi connectivity index (χ2v) is 4.72. The van der Waals surface area contributed by atoms with E-state index in [4.69, 9.17) is 0 Å². The van der Waals surface area contributed by atoms with E-state index in [2.05, 4.69) is 4.74 Å². The molecule has 1 fully saturated rings. The van der Waals surface area contributed by atoms with Gasteiger partial charge in [-0.05, 0) is 18.9 Å². The highest BCUT2D eigenvalue weighted by molar-refractivity contribution is 5.25.